The lowest BCUT2D eigenvalue weighted by molar-refractivity contribution is 0.0945. The first-order valence-corrected chi connectivity index (χ1v) is 8.78. The summed E-state index contributed by atoms with van der Waals surface area (Å²) in [6.07, 6.45) is 6.42. The van der Waals surface area contributed by atoms with Gasteiger partial charge < -0.3 is 15.8 Å². The number of hydrogen-bond donors (Lipinski definition) is 2. The summed E-state index contributed by atoms with van der Waals surface area (Å²) in [6.45, 7) is 1.77. The molecule has 0 unspecified atom stereocenters. The zero-order chi connectivity index (χ0) is 20.7. The summed E-state index contributed by atoms with van der Waals surface area (Å²) < 4.78 is 21.2. The van der Waals surface area contributed by atoms with Gasteiger partial charge in [0.2, 0.25) is 0 Å². The summed E-state index contributed by atoms with van der Waals surface area (Å²) in [6, 6.07) is 3.87. The number of terminal acetylenes is 1. The summed E-state index contributed by atoms with van der Waals surface area (Å²) in [7, 11) is 1.70. The zero-order valence-electron chi connectivity index (χ0n) is 15.7. The molecule has 3 heterocycles. The molecule has 0 fully saturated rings. The summed E-state index contributed by atoms with van der Waals surface area (Å²) >= 11 is 0. The summed E-state index contributed by atoms with van der Waals surface area (Å²) in [4.78, 5) is 21.4. The number of ether oxygens (including phenoxy) is 1. The number of hydrogen-bond acceptors (Lipinski definition) is 6. The molecular formula is C20H17FN6O2. The van der Waals surface area contributed by atoms with Gasteiger partial charge in [-0.1, -0.05) is 0 Å². The van der Waals surface area contributed by atoms with Gasteiger partial charge in [-0.15, -0.1) is 6.42 Å². The van der Waals surface area contributed by atoms with Crippen LogP contribution in [0.5, 0.6) is 5.88 Å². The lowest BCUT2D eigenvalue weighted by Gasteiger charge is -2.19. The first kappa shape index (κ1) is 18.4. The molecule has 146 valence electrons. The van der Waals surface area contributed by atoms with E-state index < -0.39 is 17.8 Å². The van der Waals surface area contributed by atoms with Crippen molar-refractivity contribution in [3.8, 4) is 29.5 Å². The number of fused-ring (bicyclic) bond motifs is 5. The number of rotatable bonds is 0. The SMILES string of the molecule is C#Cc1c2c(nn1C)CNC(=O)c1ccc(F)cc1[C@@H](C)Oc1nc-2cnc1N. The van der Waals surface area contributed by atoms with Crippen LogP contribution < -0.4 is 15.8 Å². The molecule has 1 aromatic carbocycles. The molecule has 1 aliphatic rings. The Hall–Kier alpha value is -3.93. The second-order valence-corrected chi connectivity index (χ2v) is 6.56. The fraction of sp³-hybridized carbons (Fsp3) is 0.200. The smallest absolute Gasteiger partial charge is 0.258 e. The molecule has 3 aromatic rings. The number of aryl methyl sites for hydroxylation is 1. The standard InChI is InChI=1S/C20H17FN6O2/c1-4-16-17-14-8-23-18(22)20(25-14)29-10(2)13-7-11(21)5-6-12(13)19(28)24-9-15(17)26-27(16)3/h1,5-8,10H,9H2,2-3H3,(H2,22,23)(H,24,28)/t10-/m1/s1. The van der Waals surface area contributed by atoms with E-state index in [2.05, 4.69) is 26.3 Å². The predicted octanol–water partition coefficient (Wildman–Crippen LogP) is 1.96. The second-order valence-electron chi connectivity index (χ2n) is 6.56. The van der Waals surface area contributed by atoms with Crippen molar-refractivity contribution in [1.29, 1.82) is 0 Å². The van der Waals surface area contributed by atoms with Crippen molar-refractivity contribution in [3.63, 3.8) is 0 Å². The number of halogens is 1. The minimum Gasteiger partial charge on any atom is -0.467 e. The molecule has 0 aliphatic carbocycles. The summed E-state index contributed by atoms with van der Waals surface area (Å²) in [5.74, 6) is 1.83. The van der Waals surface area contributed by atoms with Gasteiger partial charge in [0.25, 0.3) is 11.8 Å². The van der Waals surface area contributed by atoms with Crippen molar-refractivity contribution in [1.82, 2.24) is 25.1 Å². The molecule has 1 atom stereocenters. The van der Waals surface area contributed by atoms with Crippen LogP contribution >= 0.6 is 0 Å². The van der Waals surface area contributed by atoms with Crippen molar-refractivity contribution < 1.29 is 13.9 Å². The van der Waals surface area contributed by atoms with Crippen LogP contribution in [0.15, 0.2) is 24.4 Å². The van der Waals surface area contributed by atoms with Crippen molar-refractivity contribution in [2.24, 2.45) is 7.05 Å². The molecule has 2 bridgehead atoms. The van der Waals surface area contributed by atoms with Crippen molar-refractivity contribution >= 4 is 11.7 Å². The van der Waals surface area contributed by atoms with E-state index in [9.17, 15) is 9.18 Å². The first-order chi connectivity index (χ1) is 13.9. The number of anilines is 1. The van der Waals surface area contributed by atoms with Gasteiger partial charge >= 0.3 is 0 Å². The van der Waals surface area contributed by atoms with E-state index in [1.54, 1.807) is 14.0 Å². The average Bonchev–Trinajstić information content (AvgIpc) is 3.02. The molecule has 0 saturated carbocycles. The normalized spacial score (nSPS) is 15.7. The number of benzene rings is 1. The Bertz CT molecular complexity index is 1180. The van der Waals surface area contributed by atoms with E-state index in [1.165, 1.54) is 29.1 Å². The molecule has 1 aliphatic heterocycles. The van der Waals surface area contributed by atoms with Crippen LogP contribution in [0.2, 0.25) is 0 Å². The molecule has 9 heteroatoms. The van der Waals surface area contributed by atoms with Crippen molar-refractivity contribution in [3.05, 3.63) is 52.7 Å². The predicted molar refractivity (Wildman–Crippen MR) is 103 cm³/mol. The van der Waals surface area contributed by atoms with Crippen LogP contribution in [-0.2, 0) is 13.6 Å². The molecule has 1 amide bonds. The number of nitrogens with one attached hydrogen (secondary N) is 1. The third-order valence-corrected chi connectivity index (χ3v) is 4.68. The Morgan fingerprint density at radius 3 is 3.00 bits per heavy atom. The summed E-state index contributed by atoms with van der Waals surface area (Å²) in [5.41, 5.74) is 8.53. The van der Waals surface area contributed by atoms with Crippen LogP contribution in [0, 0.1) is 18.2 Å². The third kappa shape index (κ3) is 3.14. The monoisotopic (exact) mass is 392 g/mol. The van der Waals surface area contributed by atoms with E-state index in [4.69, 9.17) is 16.9 Å². The molecule has 29 heavy (non-hydrogen) atoms. The van der Waals surface area contributed by atoms with E-state index in [1.807, 2.05) is 0 Å². The fourth-order valence-corrected chi connectivity index (χ4v) is 3.29. The maximum absolute atomic E-state index is 13.9. The minimum absolute atomic E-state index is 0.0592. The lowest BCUT2D eigenvalue weighted by Crippen LogP contribution is -2.26. The molecule has 0 spiro atoms. The van der Waals surface area contributed by atoms with E-state index in [0.717, 1.165) is 0 Å². The van der Waals surface area contributed by atoms with Crippen LogP contribution in [-0.4, -0.2) is 25.7 Å². The van der Waals surface area contributed by atoms with E-state index >= 15 is 0 Å². The van der Waals surface area contributed by atoms with Gasteiger partial charge in [0.05, 0.1) is 29.7 Å². The fourth-order valence-electron chi connectivity index (χ4n) is 3.29. The van der Waals surface area contributed by atoms with Gasteiger partial charge in [0, 0.05) is 18.2 Å². The van der Waals surface area contributed by atoms with Gasteiger partial charge in [-0.3, -0.25) is 9.48 Å². The lowest BCUT2D eigenvalue weighted by atomic mass is 10.0. The third-order valence-electron chi connectivity index (χ3n) is 4.68. The van der Waals surface area contributed by atoms with Crippen LogP contribution in [0.1, 0.15) is 40.3 Å². The zero-order valence-corrected chi connectivity index (χ0v) is 15.7. The Morgan fingerprint density at radius 1 is 1.45 bits per heavy atom. The highest BCUT2D eigenvalue weighted by Crippen LogP contribution is 2.32. The van der Waals surface area contributed by atoms with Gasteiger partial charge in [0.15, 0.2) is 5.82 Å². The van der Waals surface area contributed by atoms with Crippen LogP contribution in [0.3, 0.4) is 0 Å². The number of nitrogens with zero attached hydrogens (tertiary/aromatic N) is 4. The number of carbonyl (C=O) groups excluding carboxylic acids is 1. The second kappa shape index (κ2) is 6.91. The van der Waals surface area contributed by atoms with Crippen molar-refractivity contribution in [2.75, 3.05) is 5.73 Å². The average molecular weight is 392 g/mol. The number of nitrogen functional groups attached to an aromatic ring is 1. The molecule has 8 nitrogen and oxygen atoms in total. The molecule has 0 saturated heterocycles. The summed E-state index contributed by atoms with van der Waals surface area (Å²) in [5, 5.41) is 7.21. The topological polar surface area (TPSA) is 108 Å². The first-order valence-electron chi connectivity index (χ1n) is 8.78. The number of amides is 1. The Labute approximate surface area is 165 Å². The highest BCUT2D eigenvalue weighted by Gasteiger charge is 2.25. The van der Waals surface area contributed by atoms with E-state index in [0.29, 0.717) is 28.2 Å². The largest absolute Gasteiger partial charge is 0.467 e. The number of aromatic nitrogens is 4. The maximum Gasteiger partial charge on any atom is 0.258 e. The minimum atomic E-state index is -0.710. The Kier molecular flexibility index (Phi) is 4.39. The number of nitrogens with two attached hydrogens (primary N) is 1. The van der Waals surface area contributed by atoms with Gasteiger partial charge in [-0.05, 0) is 31.0 Å². The van der Waals surface area contributed by atoms with Crippen LogP contribution in [0.4, 0.5) is 10.2 Å². The molecule has 0 radical (unpaired) electrons. The van der Waals surface area contributed by atoms with E-state index in [-0.39, 0.29) is 23.8 Å². The van der Waals surface area contributed by atoms with Crippen LogP contribution in [0.25, 0.3) is 11.3 Å². The van der Waals surface area contributed by atoms with Gasteiger partial charge in [0.1, 0.15) is 17.6 Å². The number of carbonyl (C=O) groups is 1. The Morgan fingerprint density at radius 2 is 2.24 bits per heavy atom. The molecular weight excluding hydrogens is 375 g/mol. The molecule has 4 rings (SSSR count). The quantitative estimate of drug-likeness (QED) is 0.566. The maximum atomic E-state index is 13.9. The molecule has 2 aromatic heterocycles. The highest BCUT2D eigenvalue weighted by atomic mass is 19.1. The van der Waals surface area contributed by atoms with Gasteiger partial charge in [-0.25, -0.2) is 14.4 Å². The van der Waals surface area contributed by atoms with Crippen molar-refractivity contribution in [2.45, 2.75) is 19.6 Å². The Balaban J connectivity index is 1.94. The highest BCUT2D eigenvalue weighted by molar-refractivity contribution is 5.96. The molecule has 3 N–H and O–H groups in total. The van der Waals surface area contributed by atoms with Gasteiger partial charge in [-0.2, -0.15) is 5.10 Å².